The van der Waals surface area contributed by atoms with Gasteiger partial charge in [0.2, 0.25) is 0 Å². The summed E-state index contributed by atoms with van der Waals surface area (Å²) in [6.45, 7) is 9.71. The lowest BCUT2D eigenvalue weighted by Crippen LogP contribution is -2.52. The van der Waals surface area contributed by atoms with E-state index in [1.54, 1.807) is 11.6 Å². The van der Waals surface area contributed by atoms with Crippen LogP contribution in [-0.4, -0.2) is 15.8 Å². The first-order valence-corrected chi connectivity index (χ1v) is 14.7. The van der Waals surface area contributed by atoms with Gasteiger partial charge < -0.3 is 10.2 Å². The van der Waals surface area contributed by atoms with E-state index in [0.717, 1.165) is 67.8 Å². The molecule has 0 radical (unpaired) electrons. The third kappa shape index (κ3) is 4.27. The van der Waals surface area contributed by atoms with E-state index in [0.29, 0.717) is 16.9 Å². The molecule has 9 atom stereocenters. The minimum absolute atomic E-state index is 0.289. The molecule has 5 rings (SSSR count). The van der Waals surface area contributed by atoms with E-state index >= 15 is 0 Å². The van der Waals surface area contributed by atoms with E-state index in [-0.39, 0.29) is 5.41 Å². The molecule has 3 heteroatoms. The molecule has 0 aliphatic heterocycles. The van der Waals surface area contributed by atoms with Crippen molar-refractivity contribution in [2.24, 2.45) is 40.4 Å². The van der Waals surface area contributed by atoms with Crippen molar-refractivity contribution in [3.63, 3.8) is 0 Å². The summed E-state index contributed by atoms with van der Waals surface area (Å²) >= 11 is 0. The maximum Gasteiger partial charge on any atom is 0.0991 e. The van der Waals surface area contributed by atoms with Crippen molar-refractivity contribution in [2.75, 3.05) is 0 Å². The van der Waals surface area contributed by atoms with Gasteiger partial charge in [0.25, 0.3) is 0 Å². The zero-order chi connectivity index (χ0) is 25.7. The highest BCUT2D eigenvalue weighted by molar-refractivity contribution is 5.33. The Kier molecular flexibility index (Phi) is 6.93. The van der Waals surface area contributed by atoms with Gasteiger partial charge in [0.05, 0.1) is 23.3 Å². The van der Waals surface area contributed by atoms with Gasteiger partial charge in [-0.3, -0.25) is 0 Å². The molecule has 3 fully saturated rings. The minimum Gasteiger partial charge on any atom is -0.390 e. The summed E-state index contributed by atoms with van der Waals surface area (Å²) in [6, 6.07) is 9.65. The second-order valence-electron chi connectivity index (χ2n) is 13.6. The van der Waals surface area contributed by atoms with Crippen LogP contribution >= 0.6 is 0 Å². The number of nitrogens with zero attached hydrogens (tertiary/aromatic N) is 1. The average Bonchev–Trinajstić information content (AvgIpc) is 3.25. The molecule has 0 saturated heterocycles. The Balaban J connectivity index is 1.27. The van der Waals surface area contributed by atoms with Crippen LogP contribution in [0.1, 0.15) is 116 Å². The Morgan fingerprint density at radius 3 is 2.64 bits per heavy atom. The zero-order valence-corrected chi connectivity index (χ0v) is 23.0. The third-order valence-corrected chi connectivity index (χ3v) is 12.0. The van der Waals surface area contributed by atoms with E-state index in [1.165, 1.54) is 32.1 Å². The van der Waals surface area contributed by atoms with E-state index in [1.807, 2.05) is 18.2 Å². The number of rotatable bonds is 6. The maximum atomic E-state index is 11.0. The second kappa shape index (κ2) is 9.59. The van der Waals surface area contributed by atoms with Gasteiger partial charge in [-0.25, -0.2) is 0 Å². The molecule has 1 aromatic carbocycles. The summed E-state index contributed by atoms with van der Waals surface area (Å²) in [5.74, 6) is 3.71. The van der Waals surface area contributed by atoms with Crippen LogP contribution in [-0.2, 0) is 0 Å². The molecule has 3 saturated carbocycles. The number of aliphatic hydroxyl groups excluding tert-OH is 1. The molecule has 2 N–H and O–H groups in total. The molecule has 3 nitrogen and oxygen atoms in total. The molecule has 1 unspecified atom stereocenters. The first kappa shape index (κ1) is 26.0. The highest BCUT2D eigenvalue weighted by Gasteiger charge is 2.59. The second-order valence-corrected chi connectivity index (χ2v) is 13.6. The van der Waals surface area contributed by atoms with Crippen molar-refractivity contribution < 1.29 is 10.2 Å². The first-order chi connectivity index (χ1) is 17.1. The number of hydrogen-bond acceptors (Lipinski definition) is 3. The largest absolute Gasteiger partial charge is 0.390 e. The van der Waals surface area contributed by atoms with Gasteiger partial charge >= 0.3 is 0 Å². The molecule has 36 heavy (non-hydrogen) atoms. The average molecular weight is 490 g/mol. The fourth-order valence-corrected chi connectivity index (χ4v) is 9.59. The van der Waals surface area contributed by atoms with Crippen LogP contribution in [0.15, 0.2) is 35.9 Å². The summed E-state index contributed by atoms with van der Waals surface area (Å²) in [4.78, 5) is 0. The highest BCUT2D eigenvalue weighted by Crippen LogP contribution is 2.67. The van der Waals surface area contributed by atoms with E-state index in [9.17, 15) is 15.5 Å². The predicted octanol–water partition coefficient (Wildman–Crippen LogP) is 7.73. The molecule has 196 valence electrons. The third-order valence-electron chi connectivity index (χ3n) is 12.0. The van der Waals surface area contributed by atoms with Crippen LogP contribution in [0.5, 0.6) is 0 Å². The van der Waals surface area contributed by atoms with Gasteiger partial charge in [-0.05, 0) is 129 Å². The molecule has 0 spiro atoms. The molecule has 1 aromatic rings. The van der Waals surface area contributed by atoms with Crippen LogP contribution in [0, 0.1) is 51.8 Å². The lowest BCUT2D eigenvalue weighted by Gasteiger charge is -2.59. The number of allylic oxidation sites excluding steroid dienone is 1. The van der Waals surface area contributed by atoms with Gasteiger partial charge in [-0.1, -0.05) is 51.5 Å². The van der Waals surface area contributed by atoms with Crippen molar-refractivity contribution in [3.05, 3.63) is 47.0 Å². The van der Waals surface area contributed by atoms with Gasteiger partial charge in [0.15, 0.2) is 0 Å². The lowest BCUT2D eigenvalue weighted by atomic mass is 9.46. The Morgan fingerprint density at radius 1 is 1.08 bits per heavy atom. The summed E-state index contributed by atoms with van der Waals surface area (Å²) in [5, 5.41) is 31.1. The fourth-order valence-electron chi connectivity index (χ4n) is 9.59. The summed E-state index contributed by atoms with van der Waals surface area (Å²) in [5.41, 5.74) is 3.29. The smallest absolute Gasteiger partial charge is 0.0991 e. The molecular formula is C33H47NO2. The fraction of sp³-hybridized carbons (Fsp3) is 0.727. The zero-order valence-electron chi connectivity index (χ0n) is 23.0. The van der Waals surface area contributed by atoms with Crippen LogP contribution < -0.4 is 0 Å². The Morgan fingerprint density at radius 2 is 1.89 bits per heavy atom. The molecular weight excluding hydrogens is 442 g/mol. The monoisotopic (exact) mass is 489 g/mol. The lowest BCUT2D eigenvalue weighted by molar-refractivity contribution is -0.0757. The number of hydrogen-bond donors (Lipinski definition) is 2. The molecule has 0 amide bonds. The van der Waals surface area contributed by atoms with Gasteiger partial charge in [-0.2, -0.15) is 5.26 Å². The molecule has 0 bridgehead atoms. The standard InChI is InChI=1S/C33H47NO2/c1-5-33(36)18-17-31(3)25(20-33)10-11-26-28-13-12-27(32(28,4)16-15-29(26)31)22(2)9-14-30(35)24-8-6-7-23(19-24)21-34/h6-8,10,19,22,26-30,35-36H,5,9,11-18,20H2,1-4H3/t22?,26-,27+,28-,29-,30-,31-,32+,33-/m0/s1. The normalized spacial score (nSPS) is 41.3. The molecule has 0 aromatic heterocycles. The van der Waals surface area contributed by atoms with E-state index in [2.05, 4.69) is 39.8 Å². The Bertz CT molecular complexity index is 1040. The summed E-state index contributed by atoms with van der Waals surface area (Å²) in [6.07, 6.45) is 14.3. The van der Waals surface area contributed by atoms with Crippen molar-refractivity contribution >= 4 is 0 Å². The SMILES string of the molecule is CC[C@]1(O)CC[C@@]2(C)C(=CC[C@H]3[C@@H]4CC[C@H](C(C)CC[C@H](O)c5cccc(C#N)c5)[C@@]4(C)CC[C@@H]32)C1. The van der Waals surface area contributed by atoms with Crippen LogP contribution in [0.25, 0.3) is 0 Å². The van der Waals surface area contributed by atoms with Gasteiger partial charge in [0, 0.05) is 0 Å². The maximum absolute atomic E-state index is 11.0. The summed E-state index contributed by atoms with van der Waals surface area (Å²) in [7, 11) is 0. The predicted molar refractivity (Wildman–Crippen MR) is 145 cm³/mol. The Labute approximate surface area is 219 Å². The first-order valence-electron chi connectivity index (χ1n) is 14.7. The van der Waals surface area contributed by atoms with Crippen molar-refractivity contribution in [2.45, 2.75) is 110 Å². The highest BCUT2D eigenvalue weighted by atomic mass is 16.3. The van der Waals surface area contributed by atoms with Crippen LogP contribution in [0.4, 0.5) is 0 Å². The number of benzene rings is 1. The van der Waals surface area contributed by atoms with Crippen LogP contribution in [0.3, 0.4) is 0 Å². The van der Waals surface area contributed by atoms with E-state index < -0.39 is 11.7 Å². The van der Waals surface area contributed by atoms with Crippen molar-refractivity contribution in [3.8, 4) is 6.07 Å². The van der Waals surface area contributed by atoms with E-state index in [4.69, 9.17) is 0 Å². The van der Waals surface area contributed by atoms with Gasteiger partial charge in [0.1, 0.15) is 0 Å². The number of nitriles is 1. The quantitative estimate of drug-likeness (QED) is 0.402. The topological polar surface area (TPSA) is 64.2 Å². The van der Waals surface area contributed by atoms with Crippen LogP contribution in [0.2, 0.25) is 0 Å². The number of fused-ring (bicyclic) bond motifs is 5. The molecule has 0 heterocycles. The van der Waals surface area contributed by atoms with Crippen molar-refractivity contribution in [1.29, 1.82) is 5.26 Å². The number of aliphatic hydroxyl groups is 2. The molecule has 4 aliphatic carbocycles. The molecule has 4 aliphatic rings. The van der Waals surface area contributed by atoms with Gasteiger partial charge in [-0.15, -0.1) is 0 Å². The summed E-state index contributed by atoms with van der Waals surface area (Å²) < 4.78 is 0. The Hall–Kier alpha value is -1.63. The van der Waals surface area contributed by atoms with Crippen molar-refractivity contribution in [1.82, 2.24) is 0 Å². The minimum atomic E-state index is -0.489.